The van der Waals surface area contributed by atoms with E-state index in [9.17, 15) is 18.0 Å². The van der Waals surface area contributed by atoms with Crippen molar-refractivity contribution in [1.82, 2.24) is 14.9 Å². The fourth-order valence-corrected chi connectivity index (χ4v) is 2.48. The minimum atomic E-state index is -4.54. The Morgan fingerprint density at radius 1 is 1.48 bits per heavy atom. The van der Waals surface area contributed by atoms with E-state index in [1.807, 2.05) is 0 Å². The van der Waals surface area contributed by atoms with Crippen LogP contribution in [-0.4, -0.2) is 45.8 Å². The second-order valence-electron chi connectivity index (χ2n) is 5.24. The summed E-state index contributed by atoms with van der Waals surface area (Å²) in [6.45, 7) is 0.936. The van der Waals surface area contributed by atoms with Crippen molar-refractivity contribution in [2.45, 2.75) is 38.0 Å². The molecule has 23 heavy (non-hydrogen) atoms. The van der Waals surface area contributed by atoms with Gasteiger partial charge in [0.15, 0.2) is 5.69 Å². The summed E-state index contributed by atoms with van der Waals surface area (Å²) in [5.41, 5.74) is -1.05. The molecule has 0 bridgehead atoms. The van der Waals surface area contributed by atoms with E-state index in [0.29, 0.717) is 38.2 Å². The number of aromatic nitrogens is 2. The first kappa shape index (κ1) is 17.8. The monoisotopic (exact) mass is 351 g/mol. The molecule has 1 aromatic rings. The van der Waals surface area contributed by atoms with Crippen LogP contribution in [0, 0.1) is 0 Å². The first-order valence-electron chi connectivity index (χ1n) is 7.31. The number of halogens is 4. The molecule has 2 rings (SSSR count). The number of hydrogen-bond donors (Lipinski definition) is 0. The van der Waals surface area contributed by atoms with Gasteiger partial charge in [-0.15, -0.1) is 11.6 Å². The summed E-state index contributed by atoms with van der Waals surface area (Å²) in [5, 5.41) is 0. The van der Waals surface area contributed by atoms with Crippen LogP contribution >= 0.6 is 11.6 Å². The first-order chi connectivity index (χ1) is 10.9. The zero-order chi connectivity index (χ0) is 16.9. The molecule has 0 N–H and O–H groups in total. The van der Waals surface area contributed by atoms with Crippen molar-refractivity contribution in [3.05, 3.63) is 18.0 Å². The van der Waals surface area contributed by atoms with Crippen LogP contribution in [0.2, 0.25) is 0 Å². The number of hydrogen-bond acceptors (Lipinski definition) is 4. The smallest absolute Gasteiger partial charge is 0.433 e. The highest BCUT2D eigenvalue weighted by Gasteiger charge is 2.33. The van der Waals surface area contributed by atoms with Crippen molar-refractivity contribution in [2.75, 3.05) is 19.0 Å². The van der Waals surface area contributed by atoms with E-state index in [1.54, 1.807) is 4.90 Å². The maximum absolute atomic E-state index is 12.6. The van der Waals surface area contributed by atoms with Crippen LogP contribution in [0.15, 0.2) is 12.3 Å². The van der Waals surface area contributed by atoms with E-state index in [4.69, 9.17) is 16.3 Å². The fourth-order valence-electron chi connectivity index (χ4n) is 2.34. The fraction of sp³-hybridized carbons (Fsp3) is 0.643. The molecule has 1 atom stereocenters. The number of piperidine rings is 1. The van der Waals surface area contributed by atoms with Gasteiger partial charge >= 0.3 is 12.2 Å². The van der Waals surface area contributed by atoms with E-state index in [2.05, 4.69) is 9.97 Å². The van der Waals surface area contributed by atoms with Crippen molar-refractivity contribution in [2.24, 2.45) is 0 Å². The third-order valence-electron chi connectivity index (χ3n) is 3.45. The molecule has 0 spiro atoms. The number of carbonyl (C=O) groups excluding carboxylic acids is 1. The Bertz CT molecular complexity index is 542. The molecule has 0 radical (unpaired) electrons. The SMILES string of the molecule is O=C(CCCCl)N1CCCC(Oc2nccc(C(F)(F)F)n2)C1. The van der Waals surface area contributed by atoms with Gasteiger partial charge in [0.25, 0.3) is 0 Å². The maximum Gasteiger partial charge on any atom is 0.433 e. The minimum absolute atomic E-state index is 0.0242. The van der Waals surface area contributed by atoms with Crippen LogP contribution in [0.1, 0.15) is 31.4 Å². The maximum atomic E-state index is 12.6. The van der Waals surface area contributed by atoms with Gasteiger partial charge in [-0.2, -0.15) is 18.2 Å². The number of amides is 1. The average molecular weight is 352 g/mol. The summed E-state index contributed by atoms with van der Waals surface area (Å²) >= 11 is 5.57. The van der Waals surface area contributed by atoms with Crippen LogP contribution in [0.3, 0.4) is 0 Å². The largest absolute Gasteiger partial charge is 0.458 e. The molecular weight excluding hydrogens is 335 g/mol. The predicted molar refractivity (Wildman–Crippen MR) is 77.2 cm³/mol. The average Bonchev–Trinajstić information content (AvgIpc) is 2.52. The standard InChI is InChI=1S/C14H17ClF3N3O2/c15-6-1-4-12(22)21-8-2-3-10(9-21)23-13-19-7-5-11(20-13)14(16,17)18/h5,7,10H,1-4,6,8-9H2. The van der Waals surface area contributed by atoms with Gasteiger partial charge in [-0.05, 0) is 25.3 Å². The lowest BCUT2D eigenvalue weighted by molar-refractivity contribution is -0.141. The highest BCUT2D eigenvalue weighted by atomic mass is 35.5. The van der Waals surface area contributed by atoms with E-state index < -0.39 is 18.0 Å². The summed E-state index contributed by atoms with van der Waals surface area (Å²) in [6.07, 6.45) is -1.63. The highest BCUT2D eigenvalue weighted by molar-refractivity contribution is 6.17. The molecule has 5 nitrogen and oxygen atoms in total. The van der Waals surface area contributed by atoms with E-state index >= 15 is 0 Å². The molecule has 0 aliphatic carbocycles. The van der Waals surface area contributed by atoms with Gasteiger partial charge in [0.05, 0.1) is 6.54 Å². The Morgan fingerprint density at radius 3 is 2.96 bits per heavy atom. The van der Waals surface area contributed by atoms with Crippen molar-refractivity contribution < 1.29 is 22.7 Å². The Morgan fingerprint density at radius 2 is 2.26 bits per heavy atom. The zero-order valence-electron chi connectivity index (χ0n) is 12.4. The molecule has 1 unspecified atom stereocenters. The Balaban J connectivity index is 1.96. The molecular formula is C14H17ClF3N3O2. The van der Waals surface area contributed by atoms with Crippen LogP contribution in [0.4, 0.5) is 13.2 Å². The first-order valence-corrected chi connectivity index (χ1v) is 7.84. The van der Waals surface area contributed by atoms with E-state index in [1.165, 1.54) is 0 Å². The molecule has 1 aromatic heterocycles. The number of alkyl halides is 4. The number of likely N-dealkylation sites (tertiary alicyclic amines) is 1. The van der Waals surface area contributed by atoms with Crippen molar-refractivity contribution in [3.8, 4) is 6.01 Å². The third-order valence-corrected chi connectivity index (χ3v) is 3.72. The van der Waals surface area contributed by atoms with Crippen LogP contribution < -0.4 is 4.74 Å². The molecule has 0 saturated carbocycles. The third kappa shape index (κ3) is 5.23. The zero-order valence-corrected chi connectivity index (χ0v) is 13.1. The number of rotatable bonds is 5. The van der Waals surface area contributed by atoms with Gasteiger partial charge in [0.2, 0.25) is 5.91 Å². The summed E-state index contributed by atoms with van der Waals surface area (Å²) in [4.78, 5) is 20.7. The van der Waals surface area contributed by atoms with Gasteiger partial charge in [-0.3, -0.25) is 4.79 Å². The van der Waals surface area contributed by atoms with Gasteiger partial charge in [0.1, 0.15) is 6.10 Å². The summed E-state index contributed by atoms with van der Waals surface area (Å²) in [5.74, 6) is 0.390. The lowest BCUT2D eigenvalue weighted by Crippen LogP contribution is -2.44. The molecule has 128 valence electrons. The number of carbonyl (C=O) groups is 1. The minimum Gasteiger partial charge on any atom is -0.458 e. The Labute approximate surface area is 136 Å². The van der Waals surface area contributed by atoms with Crippen molar-refractivity contribution in [3.63, 3.8) is 0 Å². The molecule has 1 fully saturated rings. The van der Waals surface area contributed by atoms with Gasteiger partial charge in [-0.25, -0.2) is 4.98 Å². The quantitative estimate of drug-likeness (QED) is 0.765. The van der Waals surface area contributed by atoms with Gasteiger partial charge in [0, 0.05) is 25.0 Å². The van der Waals surface area contributed by atoms with Crippen LogP contribution in [0.5, 0.6) is 6.01 Å². The molecule has 1 saturated heterocycles. The van der Waals surface area contributed by atoms with Crippen molar-refractivity contribution in [1.29, 1.82) is 0 Å². The van der Waals surface area contributed by atoms with E-state index in [0.717, 1.165) is 18.7 Å². The second kappa shape index (κ2) is 7.81. The molecule has 1 amide bonds. The summed E-state index contributed by atoms with van der Waals surface area (Å²) in [7, 11) is 0. The predicted octanol–water partition coefficient (Wildman–Crippen LogP) is 2.88. The molecule has 2 heterocycles. The highest BCUT2D eigenvalue weighted by Crippen LogP contribution is 2.28. The van der Waals surface area contributed by atoms with Gasteiger partial charge < -0.3 is 9.64 Å². The van der Waals surface area contributed by atoms with Crippen LogP contribution in [-0.2, 0) is 11.0 Å². The lowest BCUT2D eigenvalue weighted by Gasteiger charge is -2.32. The Kier molecular flexibility index (Phi) is 6.04. The molecule has 1 aliphatic heterocycles. The van der Waals surface area contributed by atoms with Crippen LogP contribution in [0.25, 0.3) is 0 Å². The summed E-state index contributed by atoms with van der Waals surface area (Å²) in [6, 6.07) is 0.468. The molecule has 0 aromatic carbocycles. The number of ether oxygens (including phenoxy) is 1. The topological polar surface area (TPSA) is 55.3 Å². The number of nitrogens with zero attached hydrogens (tertiary/aromatic N) is 3. The molecule has 9 heteroatoms. The second-order valence-corrected chi connectivity index (χ2v) is 5.61. The Hall–Kier alpha value is -1.57. The van der Waals surface area contributed by atoms with Gasteiger partial charge in [-0.1, -0.05) is 0 Å². The normalized spacial score (nSPS) is 18.8. The summed E-state index contributed by atoms with van der Waals surface area (Å²) < 4.78 is 43.3. The molecule has 1 aliphatic rings. The lowest BCUT2D eigenvalue weighted by atomic mass is 10.1. The van der Waals surface area contributed by atoms with E-state index in [-0.39, 0.29) is 11.9 Å². The van der Waals surface area contributed by atoms with Crippen molar-refractivity contribution >= 4 is 17.5 Å².